The Bertz CT molecular complexity index is 1270. The molecule has 0 heterocycles. The Balaban J connectivity index is 1.42. The zero-order valence-electron chi connectivity index (χ0n) is 19.2. The molecule has 0 bridgehead atoms. The monoisotopic (exact) mass is 523 g/mol. The second-order valence-corrected chi connectivity index (χ2v) is 11.0. The lowest BCUT2D eigenvalue weighted by molar-refractivity contribution is -0.149. The van der Waals surface area contributed by atoms with E-state index in [9.17, 15) is 10.1 Å². The number of allylic oxidation sites excluding steroid dienone is 1. The van der Waals surface area contributed by atoms with Crippen molar-refractivity contribution in [3.63, 3.8) is 0 Å². The second-order valence-electron chi connectivity index (χ2n) is 8.79. The first-order valence-corrected chi connectivity index (χ1v) is 12.6. The van der Waals surface area contributed by atoms with E-state index in [1.165, 1.54) is 11.8 Å². The van der Waals surface area contributed by atoms with Gasteiger partial charge in [-0.2, -0.15) is 5.26 Å². The maximum Gasteiger partial charge on any atom is 0.311 e. The molecule has 3 aromatic carbocycles. The third-order valence-electron chi connectivity index (χ3n) is 6.00. The molecule has 0 radical (unpaired) electrons. The fraction of sp³-hybridized carbons (Fsp3) is 0.214. The summed E-state index contributed by atoms with van der Waals surface area (Å²) < 4.78 is 12.1. The van der Waals surface area contributed by atoms with Crippen LogP contribution in [0.3, 0.4) is 0 Å². The summed E-state index contributed by atoms with van der Waals surface area (Å²) in [6.45, 7) is 3.99. The van der Waals surface area contributed by atoms with Crippen LogP contribution in [0.25, 0.3) is 0 Å². The minimum absolute atomic E-state index is 0.0885. The number of para-hydroxylation sites is 1. The first kappa shape index (κ1) is 25.2. The summed E-state index contributed by atoms with van der Waals surface area (Å²) in [5.74, 6) is 0.343. The van der Waals surface area contributed by atoms with Crippen molar-refractivity contribution in [1.29, 1.82) is 5.26 Å². The average molecular weight is 524 g/mol. The molecular weight excluding hydrogens is 501 g/mol. The van der Waals surface area contributed by atoms with Gasteiger partial charge in [-0.15, -0.1) is 0 Å². The summed E-state index contributed by atoms with van der Waals surface area (Å²) in [5.41, 5.74) is 0.229. The van der Waals surface area contributed by atoms with E-state index in [1.54, 1.807) is 36.4 Å². The number of esters is 1. The van der Waals surface area contributed by atoms with Gasteiger partial charge >= 0.3 is 5.97 Å². The van der Waals surface area contributed by atoms with E-state index in [4.69, 9.17) is 32.7 Å². The van der Waals surface area contributed by atoms with E-state index in [1.807, 2.05) is 62.4 Å². The van der Waals surface area contributed by atoms with E-state index in [-0.39, 0.29) is 17.3 Å². The standard InChI is InChI=1S/C28H23Cl2NO3S/c1-28(2)23(16-25(30)35-22-13-11-19(29)12-14-22)26(28)27(32)34-24(17-31)18-7-6-10-21(15-18)33-20-8-4-3-5-9-20/h3-16,23-24,26H,1-2H3/b25-16-/t23-,24?,26-/m0/s1. The van der Waals surface area contributed by atoms with Gasteiger partial charge in [0.1, 0.15) is 17.6 Å². The topological polar surface area (TPSA) is 59.3 Å². The Morgan fingerprint density at radius 2 is 1.74 bits per heavy atom. The third kappa shape index (κ3) is 6.21. The number of thioether (sulfide) groups is 1. The molecule has 3 aromatic rings. The quantitative estimate of drug-likeness (QED) is 0.219. The van der Waals surface area contributed by atoms with Gasteiger partial charge in [-0.3, -0.25) is 4.79 Å². The average Bonchev–Trinajstić information content (AvgIpc) is 3.38. The molecule has 0 aliphatic heterocycles. The summed E-state index contributed by atoms with van der Waals surface area (Å²) in [4.78, 5) is 14.0. The highest BCUT2D eigenvalue weighted by Crippen LogP contribution is 2.60. The number of rotatable bonds is 8. The molecule has 3 atom stereocenters. The highest BCUT2D eigenvalue weighted by Gasteiger charge is 2.62. The molecule has 1 aliphatic carbocycles. The van der Waals surface area contributed by atoms with Crippen molar-refractivity contribution >= 4 is 40.9 Å². The van der Waals surface area contributed by atoms with Crippen molar-refractivity contribution in [3.8, 4) is 17.6 Å². The maximum absolute atomic E-state index is 13.0. The van der Waals surface area contributed by atoms with Gasteiger partial charge in [0.05, 0.1) is 10.3 Å². The minimum atomic E-state index is -1.04. The number of halogens is 2. The van der Waals surface area contributed by atoms with Crippen LogP contribution >= 0.6 is 35.0 Å². The van der Waals surface area contributed by atoms with E-state index >= 15 is 0 Å². The number of carbonyl (C=O) groups excluding carboxylic acids is 1. The van der Waals surface area contributed by atoms with Gasteiger partial charge in [0, 0.05) is 15.5 Å². The van der Waals surface area contributed by atoms with E-state index in [0.717, 1.165) is 4.90 Å². The van der Waals surface area contributed by atoms with Crippen molar-refractivity contribution in [3.05, 3.63) is 99.9 Å². The lowest BCUT2D eigenvalue weighted by Gasteiger charge is -2.13. The number of hydrogen-bond acceptors (Lipinski definition) is 5. The predicted octanol–water partition coefficient (Wildman–Crippen LogP) is 8.38. The summed E-state index contributed by atoms with van der Waals surface area (Å²) in [6.07, 6.45) is 0.851. The summed E-state index contributed by atoms with van der Waals surface area (Å²) in [7, 11) is 0. The summed E-state index contributed by atoms with van der Waals surface area (Å²) in [6, 6.07) is 25.8. The zero-order valence-corrected chi connectivity index (χ0v) is 21.5. The van der Waals surface area contributed by atoms with Crippen molar-refractivity contribution in [2.24, 2.45) is 17.3 Å². The van der Waals surface area contributed by atoms with Crippen LogP contribution in [0.1, 0.15) is 25.5 Å². The molecule has 0 saturated heterocycles. The highest BCUT2D eigenvalue weighted by molar-refractivity contribution is 8.04. The molecule has 1 fully saturated rings. The Hall–Kier alpha value is -2.91. The van der Waals surface area contributed by atoms with Crippen LogP contribution in [0.5, 0.6) is 11.5 Å². The molecule has 1 unspecified atom stereocenters. The molecule has 35 heavy (non-hydrogen) atoms. The Morgan fingerprint density at radius 1 is 1.06 bits per heavy atom. The smallest absolute Gasteiger partial charge is 0.311 e. The molecule has 0 amide bonds. The Labute approximate surface area is 219 Å². The van der Waals surface area contributed by atoms with Gasteiger partial charge in [-0.25, -0.2) is 0 Å². The van der Waals surface area contributed by atoms with E-state index < -0.39 is 12.1 Å². The number of nitrogens with zero attached hydrogens (tertiary/aromatic N) is 1. The van der Waals surface area contributed by atoms with Crippen molar-refractivity contribution in [2.75, 3.05) is 0 Å². The van der Waals surface area contributed by atoms with E-state index in [2.05, 4.69) is 6.07 Å². The molecule has 0 N–H and O–H groups in total. The molecule has 4 rings (SSSR count). The molecular formula is C28H23Cl2NO3S. The van der Waals surface area contributed by atoms with Crippen LogP contribution in [0.2, 0.25) is 5.02 Å². The SMILES string of the molecule is CC1(C)[C@H](C(=O)OC(C#N)c2cccc(Oc3ccccc3)c2)[C@@H]1/C=C(/Cl)Sc1ccc(Cl)cc1. The number of ether oxygens (including phenoxy) is 2. The largest absolute Gasteiger partial charge is 0.457 e. The lowest BCUT2D eigenvalue weighted by Crippen LogP contribution is -2.14. The van der Waals surface area contributed by atoms with Gasteiger partial charge in [-0.1, -0.05) is 85.2 Å². The van der Waals surface area contributed by atoms with Crippen LogP contribution in [0, 0.1) is 28.6 Å². The summed E-state index contributed by atoms with van der Waals surface area (Å²) in [5, 5.41) is 10.4. The van der Waals surface area contributed by atoms with Crippen LogP contribution in [0.4, 0.5) is 0 Å². The van der Waals surface area contributed by atoms with E-state index in [0.29, 0.717) is 26.4 Å². The third-order valence-corrected chi connectivity index (χ3v) is 7.44. The number of hydrogen-bond donors (Lipinski definition) is 0. The summed E-state index contributed by atoms with van der Waals surface area (Å²) >= 11 is 13.8. The maximum atomic E-state index is 13.0. The van der Waals surface area contributed by atoms with Crippen molar-refractivity contribution in [2.45, 2.75) is 24.8 Å². The van der Waals surface area contributed by atoms with Crippen LogP contribution < -0.4 is 4.74 Å². The van der Waals surface area contributed by atoms with Crippen molar-refractivity contribution < 1.29 is 14.3 Å². The molecule has 1 saturated carbocycles. The fourth-order valence-electron chi connectivity index (χ4n) is 3.95. The van der Waals surface area contributed by atoms with Gasteiger partial charge in [0.25, 0.3) is 0 Å². The number of carbonyl (C=O) groups is 1. The molecule has 7 heteroatoms. The molecule has 178 valence electrons. The van der Waals surface area contributed by atoms with Gasteiger partial charge in [0.15, 0.2) is 0 Å². The van der Waals surface area contributed by atoms with Gasteiger partial charge in [-0.05, 0) is 59.9 Å². The normalized spacial score (nSPS) is 19.3. The van der Waals surface area contributed by atoms with Crippen LogP contribution in [-0.2, 0) is 9.53 Å². The van der Waals surface area contributed by atoms with Gasteiger partial charge < -0.3 is 9.47 Å². The highest BCUT2D eigenvalue weighted by atomic mass is 35.5. The fourth-order valence-corrected chi connectivity index (χ4v) is 5.19. The lowest BCUT2D eigenvalue weighted by atomic mass is 10.1. The predicted molar refractivity (Wildman–Crippen MR) is 139 cm³/mol. The van der Waals surface area contributed by atoms with Crippen LogP contribution in [-0.4, -0.2) is 5.97 Å². The minimum Gasteiger partial charge on any atom is -0.457 e. The zero-order chi connectivity index (χ0) is 25.0. The van der Waals surface area contributed by atoms with Gasteiger partial charge in [0.2, 0.25) is 6.10 Å². The van der Waals surface area contributed by atoms with Crippen molar-refractivity contribution in [1.82, 2.24) is 0 Å². The van der Waals surface area contributed by atoms with Crippen LogP contribution in [0.15, 0.2) is 94.2 Å². The first-order chi connectivity index (χ1) is 16.8. The molecule has 1 aliphatic rings. The number of nitriles is 1. The second kappa shape index (κ2) is 10.8. The number of benzene rings is 3. The Morgan fingerprint density at radius 3 is 2.43 bits per heavy atom. The first-order valence-electron chi connectivity index (χ1n) is 11.0. The Kier molecular flexibility index (Phi) is 7.76. The molecule has 0 spiro atoms. The molecule has 0 aromatic heterocycles. The molecule has 4 nitrogen and oxygen atoms in total.